The fourth-order valence-electron chi connectivity index (χ4n) is 3.45. The Morgan fingerprint density at radius 2 is 1.80 bits per heavy atom. The molecule has 0 fully saturated rings. The molecule has 0 saturated carbocycles. The van der Waals surface area contributed by atoms with Crippen LogP contribution in [0.15, 0.2) is 48.8 Å². The number of methoxy groups -OCH3 is 1. The summed E-state index contributed by atoms with van der Waals surface area (Å²) in [6.07, 6.45) is -3.00. The van der Waals surface area contributed by atoms with Crippen molar-refractivity contribution in [1.82, 2.24) is 9.97 Å². The first kappa shape index (κ1) is 26.7. The van der Waals surface area contributed by atoms with Crippen LogP contribution in [0, 0.1) is 6.92 Å². The van der Waals surface area contributed by atoms with Crippen LogP contribution in [0.1, 0.15) is 45.7 Å². The van der Waals surface area contributed by atoms with E-state index in [1.807, 2.05) is 0 Å². The molecule has 11 heteroatoms. The largest absolute Gasteiger partial charge is 0.489 e. The van der Waals surface area contributed by atoms with E-state index < -0.39 is 29.4 Å². The Labute approximate surface area is 209 Å². The molecule has 3 rings (SSSR count). The van der Waals surface area contributed by atoms with Crippen LogP contribution in [0.5, 0.6) is 5.75 Å². The van der Waals surface area contributed by atoms with Crippen molar-refractivity contribution < 1.29 is 32.5 Å². The molecule has 1 heterocycles. The second-order valence-electron chi connectivity index (χ2n) is 7.80. The standard InChI is InChI=1S/C24H21Cl2F3N2O4/c1-13-10-31-21(11-30-13)23(33,24(27,28)29)14(2)18-7-6-17(9-20(18)26)35-12-16-5-4-15(8-19(16)25)22(32)34-3/h4-11,14,33H,12H2,1-3H3/t14-,23-/m1/s1. The Bertz CT molecular complexity index is 1220. The van der Waals surface area contributed by atoms with E-state index in [4.69, 9.17) is 27.9 Å². The van der Waals surface area contributed by atoms with Crippen molar-refractivity contribution in [2.75, 3.05) is 7.11 Å². The molecule has 186 valence electrons. The van der Waals surface area contributed by atoms with Gasteiger partial charge in [-0.3, -0.25) is 9.97 Å². The number of esters is 1. The van der Waals surface area contributed by atoms with Crippen molar-refractivity contribution in [3.8, 4) is 5.75 Å². The number of carbonyl (C=O) groups excluding carboxylic acids is 1. The molecule has 0 aliphatic heterocycles. The maximum atomic E-state index is 14.1. The molecule has 3 aromatic rings. The van der Waals surface area contributed by atoms with Gasteiger partial charge >= 0.3 is 12.1 Å². The third-order valence-corrected chi connectivity index (χ3v) is 6.22. The van der Waals surface area contributed by atoms with E-state index in [2.05, 4.69) is 14.7 Å². The number of carbonyl (C=O) groups is 1. The lowest BCUT2D eigenvalue weighted by Gasteiger charge is -2.35. The number of hydrogen-bond donors (Lipinski definition) is 1. The summed E-state index contributed by atoms with van der Waals surface area (Å²) >= 11 is 12.5. The molecule has 2 aromatic carbocycles. The van der Waals surface area contributed by atoms with Gasteiger partial charge in [-0.25, -0.2) is 4.79 Å². The highest BCUT2D eigenvalue weighted by Gasteiger charge is 2.60. The topological polar surface area (TPSA) is 81.5 Å². The first-order valence-corrected chi connectivity index (χ1v) is 11.0. The Balaban J connectivity index is 1.84. The molecule has 0 bridgehead atoms. The zero-order valence-corrected chi connectivity index (χ0v) is 20.4. The van der Waals surface area contributed by atoms with Crippen molar-refractivity contribution in [3.63, 3.8) is 0 Å². The lowest BCUT2D eigenvalue weighted by atomic mass is 9.80. The fourth-order valence-corrected chi connectivity index (χ4v) is 4.02. The van der Waals surface area contributed by atoms with E-state index in [-0.39, 0.29) is 33.5 Å². The molecule has 0 saturated heterocycles. The minimum Gasteiger partial charge on any atom is -0.489 e. The van der Waals surface area contributed by atoms with Crippen LogP contribution in [-0.2, 0) is 16.9 Å². The average molecular weight is 529 g/mol. The van der Waals surface area contributed by atoms with E-state index in [1.54, 1.807) is 13.0 Å². The van der Waals surface area contributed by atoms with Crippen molar-refractivity contribution >= 4 is 29.2 Å². The highest BCUT2D eigenvalue weighted by Crippen LogP contribution is 2.49. The Morgan fingerprint density at radius 3 is 2.34 bits per heavy atom. The molecule has 0 aliphatic rings. The number of rotatable bonds is 7. The summed E-state index contributed by atoms with van der Waals surface area (Å²) < 4.78 is 52.5. The quantitative estimate of drug-likeness (QED) is 0.378. The van der Waals surface area contributed by atoms with Crippen LogP contribution in [0.3, 0.4) is 0 Å². The number of nitrogens with zero attached hydrogens (tertiary/aromatic N) is 2. The SMILES string of the molecule is COC(=O)c1ccc(COc2ccc([C@@H](C)[C@@](O)(c3cnc(C)cn3)C(F)(F)F)c(Cl)c2)c(Cl)c1. The zero-order valence-electron chi connectivity index (χ0n) is 18.9. The summed E-state index contributed by atoms with van der Waals surface area (Å²) in [5.74, 6) is -1.78. The molecular weight excluding hydrogens is 508 g/mol. The van der Waals surface area contributed by atoms with Crippen LogP contribution >= 0.6 is 23.2 Å². The number of alkyl halides is 3. The zero-order chi connectivity index (χ0) is 26.0. The number of ether oxygens (including phenoxy) is 2. The molecule has 6 nitrogen and oxygen atoms in total. The van der Waals surface area contributed by atoms with Crippen molar-refractivity contribution in [1.29, 1.82) is 0 Å². The molecule has 1 aromatic heterocycles. The van der Waals surface area contributed by atoms with Gasteiger partial charge in [0.05, 0.1) is 24.6 Å². The van der Waals surface area contributed by atoms with Gasteiger partial charge in [-0.2, -0.15) is 13.2 Å². The molecule has 0 aliphatic carbocycles. The number of benzene rings is 2. The molecule has 0 radical (unpaired) electrons. The summed E-state index contributed by atoms with van der Waals surface area (Å²) in [6.45, 7) is 2.79. The van der Waals surface area contributed by atoms with E-state index >= 15 is 0 Å². The van der Waals surface area contributed by atoms with Gasteiger partial charge < -0.3 is 14.6 Å². The minimum atomic E-state index is -5.05. The van der Waals surface area contributed by atoms with Crippen LogP contribution in [-0.4, -0.2) is 34.3 Å². The lowest BCUT2D eigenvalue weighted by Crippen LogP contribution is -2.47. The molecule has 2 atom stereocenters. The third kappa shape index (κ3) is 5.52. The summed E-state index contributed by atoms with van der Waals surface area (Å²) in [7, 11) is 1.26. The second-order valence-corrected chi connectivity index (χ2v) is 8.61. The van der Waals surface area contributed by atoms with Crippen LogP contribution in [0.25, 0.3) is 0 Å². The Morgan fingerprint density at radius 1 is 1.09 bits per heavy atom. The predicted molar refractivity (Wildman–Crippen MR) is 124 cm³/mol. The molecule has 0 spiro atoms. The second kappa shape index (κ2) is 10.4. The van der Waals surface area contributed by atoms with Gasteiger partial charge in [0.25, 0.3) is 0 Å². The predicted octanol–water partition coefficient (Wildman–Crippen LogP) is 6.01. The van der Waals surface area contributed by atoms with Gasteiger partial charge in [0.2, 0.25) is 5.60 Å². The average Bonchev–Trinajstić information content (AvgIpc) is 2.81. The van der Waals surface area contributed by atoms with Gasteiger partial charge in [-0.05, 0) is 36.8 Å². The van der Waals surface area contributed by atoms with Crippen molar-refractivity contribution in [2.24, 2.45) is 0 Å². The van der Waals surface area contributed by atoms with Crippen molar-refractivity contribution in [3.05, 3.63) is 86.9 Å². The number of aryl methyl sites for hydroxylation is 1. The van der Waals surface area contributed by atoms with Crippen LogP contribution in [0.2, 0.25) is 10.0 Å². The Hall–Kier alpha value is -2.88. The number of aliphatic hydroxyl groups is 1. The monoisotopic (exact) mass is 528 g/mol. The normalized spacial score (nSPS) is 14.2. The number of aromatic nitrogens is 2. The molecule has 0 amide bonds. The molecule has 35 heavy (non-hydrogen) atoms. The van der Waals surface area contributed by atoms with Gasteiger partial charge in [0, 0.05) is 27.7 Å². The third-order valence-electron chi connectivity index (χ3n) is 5.54. The molecular formula is C24H21Cl2F3N2O4. The van der Waals surface area contributed by atoms with Gasteiger partial charge in [-0.1, -0.05) is 42.3 Å². The maximum absolute atomic E-state index is 14.1. The number of hydrogen-bond acceptors (Lipinski definition) is 6. The first-order chi connectivity index (χ1) is 16.4. The lowest BCUT2D eigenvalue weighted by molar-refractivity contribution is -0.276. The maximum Gasteiger partial charge on any atom is 0.423 e. The summed E-state index contributed by atoms with van der Waals surface area (Å²) in [6, 6.07) is 8.70. The highest BCUT2D eigenvalue weighted by molar-refractivity contribution is 6.32. The summed E-state index contributed by atoms with van der Waals surface area (Å²) in [4.78, 5) is 19.2. The van der Waals surface area contributed by atoms with E-state index in [0.717, 1.165) is 12.4 Å². The smallest absolute Gasteiger partial charge is 0.423 e. The highest BCUT2D eigenvalue weighted by atomic mass is 35.5. The van der Waals surface area contributed by atoms with Gasteiger partial charge in [0.1, 0.15) is 18.1 Å². The van der Waals surface area contributed by atoms with Crippen LogP contribution in [0.4, 0.5) is 13.2 Å². The number of halogens is 5. The van der Waals surface area contributed by atoms with Gasteiger partial charge in [-0.15, -0.1) is 0 Å². The van der Waals surface area contributed by atoms with Crippen LogP contribution < -0.4 is 4.74 Å². The summed E-state index contributed by atoms with van der Waals surface area (Å²) in [5.41, 5.74) is -2.67. The van der Waals surface area contributed by atoms with E-state index in [9.17, 15) is 23.1 Å². The fraction of sp³-hybridized carbons (Fsp3) is 0.292. The van der Waals surface area contributed by atoms with Gasteiger partial charge in [0.15, 0.2) is 0 Å². The minimum absolute atomic E-state index is 0.0109. The Kier molecular flexibility index (Phi) is 7.93. The molecule has 0 unspecified atom stereocenters. The summed E-state index contributed by atoms with van der Waals surface area (Å²) in [5, 5.41) is 11.1. The van der Waals surface area contributed by atoms with E-state index in [0.29, 0.717) is 11.3 Å². The van der Waals surface area contributed by atoms with E-state index in [1.165, 1.54) is 44.4 Å². The van der Waals surface area contributed by atoms with Crippen molar-refractivity contribution in [2.45, 2.75) is 38.1 Å². The molecule has 1 N–H and O–H groups in total. The first-order valence-electron chi connectivity index (χ1n) is 10.3.